The fraction of sp³-hybridized carbons (Fsp3) is 0.125. The van der Waals surface area contributed by atoms with Gasteiger partial charge in [0.15, 0.2) is 0 Å². The molecule has 4 heteroatoms. The number of halogens is 1. The van der Waals surface area contributed by atoms with Gasteiger partial charge < -0.3 is 9.84 Å². The molecule has 0 aliphatic heterocycles. The Kier molecular flexibility index (Phi) is 6.02. The highest BCUT2D eigenvalue weighted by Crippen LogP contribution is 2.29. The van der Waals surface area contributed by atoms with E-state index in [-0.39, 0.29) is 19.0 Å². The van der Waals surface area contributed by atoms with Crippen LogP contribution in [0.1, 0.15) is 18.1 Å². The van der Waals surface area contributed by atoms with Crippen molar-refractivity contribution < 1.29 is 19.0 Å². The first-order valence-electron chi connectivity index (χ1n) is 8.90. The molecular formula is C24H21FO3. The van der Waals surface area contributed by atoms with Crippen LogP contribution in [0.15, 0.2) is 78.9 Å². The standard InChI is InChI=1S/C24H21FO3/c1-16(2)24(27)28-15-21-12-19(8-9-20(21)14-26)22-11-10-18(13-23(22)25)17-6-4-3-5-7-17/h3-13,26H,1,14-15H2,2H3. The number of rotatable bonds is 6. The molecule has 0 heterocycles. The molecule has 3 nitrogen and oxygen atoms in total. The molecule has 0 saturated carbocycles. The normalized spacial score (nSPS) is 10.5. The largest absolute Gasteiger partial charge is 0.457 e. The maximum Gasteiger partial charge on any atom is 0.333 e. The summed E-state index contributed by atoms with van der Waals surface area (Å²) in [6.07, 6.45) is 0. The average molecular weight is 376 g/mol. The van der Waals surface area contributed by atoms with Crippen LogP contribution in [-0.4, -0.2) is 11.1 Å². The zero-order chi connectivity index (χ0) is 20.1. The number of hydrogen-bond acceptors (Lipinski definition) is 3. The van der Waals surface area contributed by atoms with Crippen molar-refractivity contribution in [2.24, 2.45) is 0 Å². The SMILES string of the molecule is C=C(C)C(=O)OCc1cc(-c2ccc(-c3ccccc3)cc2F)ccc1CO. The van der Waals surface area contributed by atoms with Gasteiger partial charge in [0.2, 0.25) is 0 Å². The second kappa shape index (κ2) is 8.63. The third-order valence-electron chi connectivity index (χ3n) is 4.47. The number of ether oxygens (including phenoxy) is 1. The Morgan fingerprint density at radius 1 is 0.964 bits per heavy atom. The molecule has 0 spiro atoms. The van der Waals surface area contributed by atoms with Crippen LogP contribution < -0.4 is 0 Å². The van der Waals surface area contributed by atoms with E-state index in [1.54, 1.807) is 31.2 Å². The minimum Gasteiger partial charge on any atom is -0.457 e. The van der Waals surface area contributed by atoms with E-state index < -0.39 is 5.97 Å². The highest BCUT2D eigenvalue weighted by atomic mass is 19.1. The molecule has 1 N–H and O–H groups in total. The van der Waals surface area contributed by atoms with Crippen LogP contribution >= 0.6 is 0 Å². The number of carbonyl (C=O) groups is 1. The first-order valence-corrected chi connectivity index (χ1v) is 8.90. The van der Waals surface area contributed by atoms with Crippen LogP contribution in [0, 0.1) is 5.82 Å². The van der Waals surface area contributed by atoms with Gasteiger partial charge in [-0.3, -0.25) is 0 Å². The molecule has 3 aromatic carbocycles. The summed E-state index contributed by atoms with van der Waals surface area (Å²) in [4.78, 5) is 11.7. The van der Waals surface area contributed by atoms with Crippen molar-refractivity contribution in [2.75, 3.05) is 0 Å². The first kappa shape index (κ1) is 19.5. The van der Waals surface area contributed by atoms with Gasteiger partial charge in [-0.1, -0.05) is 61.2 Å². The molecule has 142 valence electrons. The summed E-state index contributed by atoms with van der Waals surface area (Å²) in [5.41, 5.74) is 4.37. The number of benzene rings is 3. The Hall–Kier alpha value is -3.24. The van der Waals surface area contributed by atoms with Crippen LogP contribution in [0.2, 0.25) is 0 Å². The fourth-order valence-electron chi connectivity index (χ4n) is 2.91. The van der Waals surface area contributed by atoms with Crippen molar-refractivity contribution >= 4 is 5.97 Å². The summed E-state index contributed by atoms with van der Waals surface area (Å²) in [5, 5.41) is 9.54. The van der Waals surface area contributed by atoms with Gasteiger partial charge in [0.25, 0.3) is 0 Å². The number of aliphatic hydroxyl groups excluding tert-OH is 1. The van der Waals surface area contributed by atoms with Crippen molar-refractivity contribution in [3.05, 3.63) is 95.8 Å². The van der Waals surface area contributed by atoms with E-state index in [0.717, 1.165) is 11.1 Å². The Labute approximate surface area is 163 Å². The van der Waals surface area contributed by atoms with Gasteiger partial charge in [-0.25, -0.2) is 9.18 Å². The lowest BCUT2D eigenvalue weighted by Gasteiger charge is -2.12. The highest BCUT2D eigenvalue weighted by molar-refractivity contribution is 5.87. The second-order valence-corrected chi connectivity index (χ2v) is 6.56. The molecular weight excluding hydrogens is 355 g/mol. The van der Waals surface area contributed by atoms with Crippen molar-refractivity contribution in [3.8, 4) is 22.3 Å². The smallest absolute Gasteiger partial charge is 0.333 e. The van der Waals surface area contributed by atoms with Crippen molar-refractivity contribution in [1.29, 1.82) is 0 Å². The summed E-state index contributed by atoms with van der Waals surface area (Å²) < 4.78 is 20.0. The molecule has 3 rings (SSSR count). The Morgan fingerprint density at radius 2 is 1.68 bits per heavy atom. The maximum absolute atomic E-state index is 14.8. The monoisotopic (exact) mass is 376 g/mol. The lowest BCUT2D eigenvalue weighted by molar-refractivity contribution is -0.140. The third kappa shape index (κ3) is 4.35. The van der Waals surface area contributed by atoms with Gasteiger partial charge in [-0.05, 0) is 46.9 Å². The summed E-state index contributed by atoms with van der Waals surface area (Å²) in [6, 6.07) is 19.9. The molecule has 0 bridgehead atoms. The molecule has 0 saturated heterocycles. The van der Waals surface area contributed by atoms with Gasteiger partial charge in [0.05, 0.1) is 6.61 Å². The predicted molar refractivity (Wildman–Crippen MR) is 108 cm³/mol. The van der Waals surface area contributed by atoms with Gasteiger partial charge in [-0.2, -0.15) is 0 Å². The van der Waals surface area contributed by atoms with Crippen LogP contribution in [0.4, 0.5) is 4.39 Å². The summed E-state index contributed by atoms with van der Waals surface area (Å²) in [5.74, 6) is -0.851. The lowest BCUT2D eigenvalue weighted by Crippen LogP contribution is -2.06. The quantitative estimate of drug-likeness (QED) is 0.471. The Balaban J connectivity index is 1.92. The zero-order valence-electron chi connectivity index (χ0n) is 15.6. The number of hydrogen-bond donors (Lipinski definition) is 1. The Bertz CT molecular complexity index is 1010. The maximum atomic E-state index is 14.8. The van der Waals surface area contributed by atoms with Gasteiger partial charge in [-0.15, -0.1) is 0 Å². The highest BCUT2D eigenvalue weighted by Gasteiger charge is 2.12. The van der Waals surface area contributed by atoms with Crippen LogP contribution in [0.25, 0.3) is 22.3 Å². The molecule has 0 atom stereocenters. The molecule has 28 heavy (non-hydrogen) atoms. The molecule has 0 amide bonds. The van der Waals surface area contributed by atoms with Gasteiger partial charge >= 0.3 is 5.97 Å². The predicted octanol–water partition coefficient (Wildman–Crippen LogP) is 5.27. The molecule has 3 aromatic rings. The molecule has 0 aliphatic rings. The molecule has 0 radical (unpaired) electrons. The second-order valence-electron chi connectivity index (χ2n) is 6.56. The van der Waals surface area contributed by atoms with Gasteiger partial charge in [0, 0.05) is 11.1 Å². The van der Waals surface area contributed by atoms with Gasteiger partial charge in [0.1, 0.15) is 12.4 Å². The Morgan fingerprint density at radius 3 is 2.32 bits per heavy atom. The zero-order valence-corrected chi connectivity index (χ0v) is 15.6. The van der Waals surface area contributed by atoms with Crippen molar-refractivity contribution in [1.82, 2.24) is 0 Å². The average Bonchev–Trinajstić information content (AvgIpc) is 2.72. The molecule has 0 fully saturated rings. The van der Waals surface area contributed by atoms with E-state index in [2.05, 4.69) is 6.58 Å². The van der Waals surface area contributed by atoms with E-state index in [9.17, 15) is 14.3 Å². The van der Waals surface area contributed by atoms with E-state index in [1.165, 1.54) is 6.07 Å². The number of carbonyl (C=O) groups excluding carboxylic acids is 1. The number of esters is 1. The minimum absolute atomic E-state index is 0.0147. The van der Waals surface area contributed by atoms with Crippen LogP contribution in [0.3, 0.4) is 0 Å². The molecule has 0 unspecified atom stereocenters. The lowest BCUT2D eigenvalue weighted by atomic mass is 9.97. The van der Waals surface area contributed by atoms with E-state index in [1.807, 2.05) is 36.4 Å². The van der Waals surface area contributed by atoms with Crippen molar-refractivity contribution in [3.63, 3.8) is 0 Å². The minimum atomic E-state index is -0.507. The topological polar surface area (TPSA) is 46.5 Å². The summed E-state index contributed by atoms with van der Waals surface area (Å²) in [6.45, 7) is 4.90. The third-order valence-corrected chi connectivity index (χ3v) is 4.47. The fourth-order valence-corrected chi connectivity index (χ4v) is 2.91. The van der Waals surface area contributed by atoms with E-state index in [0.29, 0.717) is 27.8 Å². The van der Waals surface area contributed by atoms with Crippen molar-refractivity contribution in [2.45, 2.75) is 20.1 Å². The summed E-state index contributed by atoms with van der Waals surface area (Å²) in [7, 11) is 0. The first-order chi connectivity index (χ1) is 13.5. The number of aliphatic hydroxyl groups is 1. The van der Waals surface area contributed by atoms with E-state index in [4.69, 9.17) is 4.74 Å². The van der Waals surface area contributed by atoms with E-state index >= 15 is 0 Å². The molecule has 0 aromatic heterocycles. The van der Waals surface area contributed by atoms with Crippen LogP contribution in [-0.2, 0) is 22.7 Å². The summed E-state index contributed by atoms with van der Waals surface area (Å²) >= 11 is 0. The molecule has 0 aliphatic carbocycles. The van der Waals surface area contributed by atoms with Crippen LogP contribution in [0.5, 0.6) is 0 Å².